The van der Waals surface area contributed by atoms with Gasteiger partial charge in [-0.2, -0.15) is 0 Å². The number of phenolic OH excluding ortho intramolecular Hbond substituents is 1. The van der Waals surface area contributed by atoms with Gasteiger partial charge in [0.15, 0.2) is 0 Å². The number of phenols is 1. The van der Waals surface area contributed by atoms with Crippen molar-refractivity contribution in [2.75, 3.05) is 11.9 Å². The summed E-state index contributed by atoms with van der Waals surface area (Å²) in [4.78, 5) is 12.4. The quantitative estimate of drug-likeness (QED) is 0.661. The van der Waals surface area contributed by atoms with Crippen molar-refractivity contribution < 1.29 is 14.6 Å². The smallest absolute Gasteiger partial charge is 0.328 e. The lowest BCUT2D eigenvalue weighted by atomic mass is 9.77. The maximum absolute atomic E-state index is 12.4. The Kier molecular flexibility index (Phi) is 3.26. The topological polar surface area (TPSA) is 58.6 Å². The van der Waals surface area contributed by atoms with E-state index >= 15 is 0 Å². The number of ether oxygens (including phenoxy) is 1. The highest BCUT2D eigenvalue weighted by Gasteiger charge is 2.46. The van der Waals surface area contributed by atoms with Gasteiger partial charge in [-0.1, -0.05) is 24.3 Å². The Balaban J connectivity index is 1.84. The summed E-state index contributed by atoms with van der Waals surface area (Å²) in [6.07, 6.45) is 0.840. The van der Waals surface area contributed by atoms with Crippen LogP contribution in [0.3, 0.4) is 0 Å². The number of hydrogen-bond donors (Lipinski definition) is 2. The summed E-state index contributed by atoms with van der Waals surface area (Å²) in [7, 11) is 0. The lowest BCUT2D eigenvalue weighted by Gasteiger charge is -2.36. The highest BCUT2D eigenvalue weighted by Crippen LogP contribution is 2.50. The summed E-state index contributed by atoms with van der Waals surface area (Å²) >= 11 is 0. The van der Waals surface area contributed by atoms with Crippen LogP contribution in [0.15, 0.2) is 42.5 Å². The second kappa shape index (κ2) is 5.30. The van der Waals surface area contributed by atoms with E-state index in [2.05, 4.69) is 17.4 Å². The summed E-state index contributed by atoms with van der Waals surface area (Å²) in [5.74, 6) is 0.280. The van der Waals surface area contributed by atoms with E-state index in [9.17, 15) is 9.90 Å². The predicted octanol–water partition coefficient (Wildman–Crippen LogP) is 3.05. The van der Waals surface area contributed by atoms with Gasteiger partial charge in [-0.3, -0.25) is 0 Å². The molecule has 1 heterocycles. The fraction of sp³-hybridized carbons (Fsp3) is 0.316. The Hall–Kier alpha value is -2.49. The van der Waals surface area contributed by atoms with Gasteiger partial charge in [0.1, 0.15) is 11.8 Å². The first-order valence-electron chi connectivity index (χ1n) is 8.03. The van der Waals surface area contributed by atoms with Crippen molar-refractivity contribution in [2.24, 2.45) is 5.92 Å². The lowest BCUT2D eigenvalue weighted by molar-refractivity contribution is -0.145. The number of nitrogens with one attached hydrogen (secondary N) is 1. The molecule has 2 aliphatic rings. The monoisotopic (exact) mass is 309 g/mol. The van der Waals surface area contributed by atoms with Crippen LogP contribution in [0.25, 0.3) is 0 Å². The maximum Gasteiger partial charge on any atom is 0.328 e. The van der Waals surface area contributed by atoms with Gasteiger partial charge < -0.3 is 15.2 Å². The molecular formula is C19H19NO3. The van der Waals surface area contributed by atoms with Crippen molar-refractivity contribution in [3.05, 3.63) is 59.2 Å². The molecule has 2 N–H and O–H groups in total. The largest absolute Gasteiger partial charge is 0.508 e. The van der Waals surface area contributed by atoms with Crippen LogP contribution >= 0.6 is 0 Å². The number of fused-ring (bicyclic) bond motifs is 5. The normalized spacial score (nSPS) is 24.1. The van der Waals surface area contributed by atoms with Crippen molar-refractivity contribution in [3.8, 4) is 5.75 Å². The van der Waals surface area contributed by atoms with E-state index in [1.807, 2.05) is 31.2 Å². The van der Waals surface area contributed by atoms with Crippen LogP contribution in [0.5, 0.6) is 5.75 Å². The Morgan fingerprint density at radius 2 is 2.09 bits per heavy atom. The number of carbonyl (C=O) groups is 1. The van der Waals surface area contributed by atoms with E-state index < -0.39 is 0 Å². The molecule has 0 spiro atoms. The van der Waals surface area contributed by atoms with Gasteiger partial charge in [-0.05, 0) is 48.2 Å². The zero-order chi connectivity index (χ0) is 16.0. The van der Waals surface area contributed by atoms with Gasteiger partial charge in [0.2, 0.25) is 0 Å². The lowest BCUT2D eigenvalue weighted by Crippen LogP contribution is -2.43. The molecule has 4 nitrogen and oxygen atoms in total. The summed E-state index contributed by atoms with van der Waals surface area (Å²) < 4.78 is 5.28. The Labute approximate surface area is 135 Å². The Bertz CT molecular complexity index is 771. The molecular weight excluding hydrogens is 290 g/mol. The van der Waals surface area contributed by atoms with Crippen molar-refractivity contribution in [2.45, 2.75) is 25.3 Å². The molecule has 23 heavy (non-hydrogen) atoms. The predicted molar refractivity (Wildman–Crippen MR) is 87.6 cm³/mol. The molecule has 118 valence electrons. The van der Waals surface area contributed by atoms with Gasteiger partial charge >= 0.3 is 5.97 Å². The van der Waals surface area contributed by atoms with Crippen LogP contribution in [0, 0.1) is 5.92 Å². The van der Waals surface area contributed by atoms with Gasteiger partial charge in [-0.25, -0.2) is 4.79 Å². The van der Waals surface area contributed by atoms with Crippen LogP contribution < -0.4 is 5.32 Å². The second-order valence-corrected chi connectivity index (χ2v) is 6.19. The molecule has 3 atom stereocenters. The Morgan fingerprint density at radius 1 is 1.26 bits per heavy atom. The van der Waals surface area contributed by atoms with E-state index in [1.54, 1.807) is 6.07 Å². The number of rotatable bonds is 2. The van der Waals surface area contributed by atoms with Gasteiger partial charge in [0.05, 0.1) is 6.61 Å². The Morgan fingerprint density at radius 3 is 2.91 bits per heavy atom. The van der Waals surface area contributed by atoms with E-state index in [4.69, 9.17) is 4.74 Å². The van der Waals surface area contributed by atoms with Crippen molar-refractivity contribution >= 4 is 11.7 Å². The second-order valence-electron chi connectivity index (χ2n) is 6.19. The number of hydrogen-bond acceptors (Lipinski definition) is 4. The van der Waals surface area contributed by atoms with Gasteiger partial charge in [0.25, 0.3) is 0 Å². The average Bonchev–Trinajstić information content (AvgIpc) is 2.94. The molecule has 0 radical (unpaired) electrons. The van der Waals surface area contributed by atoms with Crippen molar-refractivity contribution in [1.82, 2.24) is 0 Å². The molecule has 2 aromatic rings. The third-order valence-corrected chi connectivity index (χ3v) is 4.92. The third kappa shape index (κ3) is 2.17. The molecule has 0 saturated heterocycles. The van der Waals surface area contributed by atoms with Crippen LogP contribution in [0.4, 0.5) is 5.69 Å². The van der Waals surface area contributed by atoms with Gasteiger partial charge in [-0.15, -0.1) is 0 Å². The fourth-order valence-corrected chi connectivity index (χ4v) is 4.01. The summed E-state index contributed by atoms with van der Waals surface area (Å²) in [5, 5.41) is 13.2. The molecule has 1 aliphatic carbocycles. The van der Waals surface area contributed by atoms with Crippen molar-refractivity contribution in [1.29, 1.82) is 0 Å². The van der Waals surface area contributed by atoms with E-state index in [0.29, 0.717) is 6.61 Å². The molecule has 1 aliphatic heterocycles. The minimum absolute atomic E-state index is 0.112. The summed E-state index contributed by atoms with van der Waals surface area (Å²) in [6, 6.07) is 13.3. The number of anilines is 1. The molecule has 0 bridgehead atoms. The van der Waals surface area contributed by atoms with Crippen molar-refractivity contribution in [3.63, 3.8) is 0 Å². The minimum atomic E-state index is -0.357. The molecule has 0 saturated carbocycles. The molecule has 4 heteroatoms. The summed E-state index contributed by atoms with van der Waals surface area (Å²) in [5.41, 5.74) is 4.48. The highest BCUT2D eigenvalue weighted by molar-refractivity contribution is 5.83. The highest BCUT2D eigenvalue weighted by atomic mass is 16.5. The number of esters is 1. The average molecular weight is 309 g/mol. The molecule has 0 aromatic heterocycles. The molecule has 0 fully saturated rings. The molecule has 4 rings (SSSR count). The standard InChI is InChI=1S/C19H19NO3/c1-2-23-19(22)18-15-9-11-5-3-4-6-13(11)17(15)14-10-12(21)7-8-16(14)20-18/h3-8,10,15,17-18,20-21H,2,9H2,1H3/t15-,17-,18-/m1/s1. The first-order valence-corrected chi connectivity index (χ1v) is 8.03. The first-order chi connectivity index (χ1) is 11.2. The molecule has 2 aromatic carbocycles. The van der Waals surface area contributed by atoms with E-state index in [-0.39, 0.29) is 29.6 Å². The zero-order valence-electron chi connectivity index (χ0n) is 13.0. The van der Waals surface area contributed by atoms with E-state index in [0.717, 1.165) is 17.7 Å². The SMILES string of the molecule is CCOC(=O)[C@@H]1Nc2ccc(O)cc2[C@H]2c3ccccc3C[C@H]21. The van der Waals surface area contributed by atoms with Crippen LogP contribution in [0.2, 0.25) is 0 Å². The third-order valence-electron chi connectivity index (χ3n) is 4.92. The molecule has 0 amide bonds. The molecule has 0 unspecified atom stereocenters. The van der Waals surface area contributed by atoms with E-state index in [1.165, 1.54) is 11.1 Å². The number of benzene rings is 2. The maximum atomic E-state index is 12.4. The number of aromatic hydroxyl groups is 1. The van der Waals surface area contributed by atoms with Crippen LogP contribution in [0.1, 0.15) is 29.5 Å². The fourth-order valence-electron chi connectivity index (χ4n) is 4.01. The van der Waals surface area contributed by atoms with Crippen LogP contribution in [-0.4, -0.2) is 23.7 Å². The number of carbonyl (C=O) groups excluding carboxylic acids is 1. The van der Waals surface area contributed by atoms with Crippen LogP contribution in [-0.2, 0) is 16.0 Å². The summed E-state index contributed by atoms with van der Waals surface area (Å²) in [6.45, 7) is 2.21. The zero-order valence-corrected chi connectivity index (χ0v) is 13.0. The minimum Gasteiger partial charge on any atom is -0.508 e. The van der Waals surface area contributed by atoms with Gasteiger partial charge in [0, 0.05) is 17.5 Å². The first kappa shape index (κ1) is 14.1.